The Kier molecular flexibility index (Phi) is 4.53. The minimum absolute atomic E-state index is 0.179. The molecule has 0 saturated carbocycles. The van der Waals surface area contributed by atoms with Crippen molar-refractivity contribution in [3.05, 3.63) is 65.2 Å². The van der Waals surface area contributed by atoms with E-state index in [4.69, 9.17) is 0 Å². The number of thioether (sulfide) groups is 1. The van der Waals surface area contributed by atoms with Crippen LogP contribution in [0.4, 0.5) is 0 Å². The average molecular weight is 311 g/mol. The van der Waals surface area contributed by atoms with Gasteiger partial charge in [-0.2, -0.15) is 0 Å². The number of carbonyl (C=O) groups excluding carboxylic acids is 1. The molecule has 3 heteroatoms. The van der Waals surface area contributed by atoms with E-state index in [0.29, 0.717) is 0 Å². The smallest absolute Gasteiger partial charge is 0.254 e. The number of rotatable bonds is 4. The molecule has 0 bridgehead atoms. The van der Waals surface area contributed by atoms with E-state index in [1.165, 1.54) is 16.0 Å². The van der Waals surface area contributed by atoms with Crippen molar-refractivity contribution in [1.29, 1.82) is 0 Å². The predicted molar refractivity (Wildman–Crippen MR) is 92.5 cm³/mol. The number of nitrogens with zero attached hydrogens (tertiary/aromatic N) is 1. The molecule has 2 aromatic rings. The molecule has 114 valence electrons. The molecule has 1 heterocycles. The van der Waals surface area contributed by atoms with Gasteiger partial charge in [0.05, 0.1) is 0 Å². The Morgan fingerprint density at radius 2 is 1.86 bits per heavy atom. The summed E-state index contributed by atoms with van der Waals surface area (Å²) < 4.78 is 0. The quantitative estimate of drug-likeness (QED) is 0.790. The highest BCUT2D eigenvalue weighted by Crippen LogP contribution is 2.28. The largest absolute Gasteiger partial charge is 0.335 e. The van der Waals surface area contributed by atoms with Gasteiger partial charge in [-0.25, -0.2) is 0 Å². The molecule has 0 fully saturated rings. The third kappa shape index (κ3) is 3.05. The van der Waals surface area contributed by atoms with E-state index in [9.17, 15) is 4.79 Å². The van der Waals surface area contributed by atoms with Crippen LogP contribution in [0.3, 0.4) is 0 Å². The first kappa shape index (κ1) is 15.2. The molecule has 0 aliphatic carbocycles. The minimum Gasteiger partial charge on any atom is -0.335 e. The Hall–Kier alpha value is -1.74. The first-order valence-corrected chi connectivity index (χ1v) is 8.76. The van der Waals surface area contributed by atoms with Crippen LogP contribution in [0.25, 0.3) is 0 Å². The highest BCUT2D eigenvalue weighted by molar-refractivity contribution is 7.99. The normalized spacial score (nSPS) is 17.5. The maximum absolute atomic E-state index is 12.6. The van der Waals surface area contributed by atoms with E-state index in [-0.39, 0.29) is 11.9 Å². The van der Waals surface area contributed by atoms with Crippen molar-refractivity contribution >= 4 is 17.7 Å². The summed E-state index contributed by atoms with van der Waals surface area (Å²) in [7, 11) is 0. The molecule has 0 saturated heterocycles. The van der Waals surface area contributed by atoms with Gasteiger partial charge >= 0.3 is 0 Å². The molecule has 22 heavy (non-hydrogen) atoms. The van der Waals surface area contributed by atoms with Crippen LogP contribution in [-0.2, 0) is 6.42 Å². The van der Waals surface area contributed by atoms with Gasteiger partial charge < -0.3 is 4.90 Å². The van der Waals surface area contributed by atoms with Crippen molar-refractivity contribution in [3.63, 3.8) is 0 Å². The van der Waals surface area contributed by atoms with Gasteiger partial charge in [0, 0.05) is 28.8 Å². The molecule has 0 spiro atoms. The van der Waals surface area contributed by atoms with Gasteiger partial charge in [-0.3, -0.25) is 4.79 Å². The van der Waals surface area contributed by atoms with Gasteiger partial charge in [0.15, 0.2) is 0 Å². The number of hydrogen-bond donors (Lipinski definition) is 0. The zero-order valence-electron chi connectivity index (χ0n) is 13.1. The van der Waals surface area contributed by atoms with Crippen molar-refractivity contribution in [2.45, 2.75) is 31.2 Å². The van der Waals surface area contributed by atoms with E-state index in [2.05, 4.69) is 44.2 Å². The lowest BCUT2D eigenvalue weighted by Crippen LogP contribution is -2.46. The van der Waals surface area contributed by atoms with E-state index >= 15 is 0 Å². The second-order valence-corrected chi connectivity index (χ2v) is 6.82. The first-order valence-electron chi connectivity index (χ1n) is 7.77. The Morgan fingerprint density at radius 3 is 2.59 bits per heavy atom. The SMILES string of the molecule is CCN1C(=O)c2ccccc2C[C@H]1CSc1ccc(C)cc1. The standard InChI is InChI=1S/C19H21NOS/c1-3-20-16(13-22-17-10-8-14(2)9-11-17)12-15-6-4-5-7-18(15)19(20)21/h4-11,16H,3,12-13H2,1-2H3/t16-/m0/s1. The summed E-state index contributed by atoms with van der Waals surface area (Å²) in [5, 5.41) is 0. The van der Waals surface area contributed by atoms with E-state index in [0.717, 1.165) is 24.3 Å². The zero-order chi connectivity index (χ0) is 15.5. The topological polar surface area (TPSA) is 20.3 Å². The summed E-state index contributed by atoms with van der Waals surface area (Å²) in [5.41, 5.74) is 3.34. The fourth-order valence-corrected chi connectivity index (χ4v) is 3.98. The number of carbonyl (C=O) groups is 1. The molecule has 0 radical (unpaired) electrons. The molecule has 2 aromatic carbocycles. The first-order chi connectivity index (χ1) is 10.7. The van der Waals surface area contributed by atoms with Crippen LogP contribution in [0.1, 0.15) is 28.4 Å². The number of benzene rings is 2. The molecular weight excluding hydrogens is 290 g/mol. The van der Waals surface area contributed by atoms with Crippen molar-refractivity contribution in [1.82, 2.24) is 4.90 Å². The Bertz CT molecular complexity index is 665. The van der Waals surface area contributed by atoms with Crippen LogP contribution in [0.15, 0.2) is 53.4 Å². The van der Waals surface area contributed by atoms with E-state index < -0.39 is 0 Å². The molecule has 3 rings (SSSR count). The number of aryl methyl sites for hydroxylation is 1. The van der Waals surface area contributed by atoms with Crippen LogP contribution < -0.4 is 0 Å². The second-order valence-electron chi connectivity index (χ2n) is 5.73. The van der Waals surface area contributed by atoms with Crippen LogP contribution in [0, 0.1) is 6.92 Å². The molecule has 1 aliphatic heterocycles. The Labute approximate surface area is 136 Å². The minimum atomic E-state index is 0.179. The van der Waals surface area contributed by atoms with Crippen LogP contribution in [-0.4, -0.2) is 29.1 Å². The summed E-state index contributed by atoms with van der Waals surface area (Å²) in [5.74, 6) is 1.12. The Balaban J connectivity index is 1.75. The highest BCUT2D eigenvalue weighted by Gasteiger charge is 2.30. The molecule has 0 N–H and O–H groups in total. The van der Waals surface area contributed by atoms with Crippen LogP contribution >= 0.6 is 11.8 Å². The van der Waals surface area contributed by atoms with Crippen LogP contribution in [0.5, 0.6) is 0 Å². The number of amides is 1. The van der Waals surface area contributed by atoms with Crippen molar-refractivity contribution < 1.29 is 4.79 Å². The lowest BCUT2D eigenvalue weighted by molar-refractivity contribution is 0.0683. The molecule has 0 aromatic heterocycles. The summed E-state index contributed by atoms with van der Waals surface area (Å²) in [4.78, 5) is 15.9. The predicted octanol–water partition coefficient (Wildman–Crippen LogP) is 4.17. The van der Waals surface area contributed by atoms with Crippen LogP contribution in [0.2, 0.25) is 0 Å². The summed E-state index contributed by atoms with van der Waals surface area (Å²) >= 11 is 1.84. The zero-order valence-corrected chi connectivity index (χ0v) is 13.9. The Morgan fingerprint density at radius 1 is 1.14 bits per heavy atom. The van der Waals surface area contributed by atoms with Crippen molar-refractivity contribution in [2.75, 3.05) is 12.3 Å². The van der Waals surface area contributed by atoms with Gasteiger partial charge in [-0.05, 0) is 44.0 Å². The highest BCUT2D eigenvalue weighted by atomic mass is 32.2. The third-order valence-electron chi connectivity index (χ3n) is 4.21. The van der Waals surface area contributed by atoms with E-state index in [1.54, 1.807) is 0 Å². The molecule has 1 amide bonds. The van der Waals surface area contributed by atoms with Gasteiger partial charge in [0.1, 0.15) is 0 Å². The van der Waals surface area contributed by atoms with E-state index in [1.807, 2.05) is 34.9 Å². The molecule has 1 atom stereocenters. The number of hydrogen-bond acceptors (Lipinski definition) is 2. The fraction of sp³-hybridized carbons (Fsp3) is 0.316. The monoisotopic (exact) mass is 311 g/mol. The molecule has 0 unspecified atom stereocenters. The lowest BCUT2D eigenvalue weighted by Gasteiger charge is -2.36. The number of fused-ring (bicyclic) bond motifs is 1. The van der Waals surface area contributed by atoms with Crippen molar-refractivity contribution in [2.24, 2.45) is 0 Å². The second kappa shape index (κ2) is 6.57. The molecule has 2 nitrogen and oxygen atoms in total. The summed E-state index contributed by atoms with van der Waals surface area (Å²) in [6.45, 7) is 4.94. The summed E-state index contributed by atoms with van der Waals surface area (Å²) in [6.07, 6.45) is 0.953. The fourth-order valence-electron chi connectivity index (χ4n) is 2.97. The maximum atomic E-state index is 12.6. The lowest BCUT2D eigenvalue weighted by atomic mass is 9.94. The average Bonchev–Trinajstić information content (AvgIpc) is 2.54. The maximum Gasteiger partial charge on any atom is 0.254 e. The van der Waals surface area contributed by atoms with Gasteiger partial charge in [-0.15, -0.1) is 11.8 Å². The molecule has 1 aliphatic rings. The van der Waals surface area contributed by atoms with Gasteiger partial charge in [0.25, 0.3) is 5.91 Å². The summed E-state index contributed by atoms with van der Waals surface area (Å²) in [6, 6.07) is 16.9. The van der Waals surface area contributed by atoms with Gasteiger partial charge in [0.2, 0.25) is 0 Å². The van der Waals surface area contributed by atoms with Gasteiger partial charge in [-0.1, -0.05) is 35.9 Å². The van der Waals surface area contributed by atoms with Crippen molar-refractivity contribution in [3.8, 4) is 0 Å². The number of likely N-dealkylation sites (N-methyl/N-ethyl adjacent to an activating group) is 1. The third-order valence-corrected chi connectivity index (χ3v) is 5.37. The molecular formula is C19H21NOS.